The van der Waals surface area contributed by atoms with E-state index < -0.39 is 0 Å². The third kappa shape index (κ3) is 2.31. The van der Waals surface area contributed by atoms with E-state index >= 15 is 0 Å². The highest BCUT2D eigenvalue weighted by atomic mass is 32.1. The van der Waals surface area contributed by atoms with Crippen molar-refractivity contribution in [2.24, 2.45) is 7.05 Å². The monoisotopic (exact) mass is 300 g/mol. The van der Waals surface area contributed by atoms with Gasteiger partial charge in [0.15, 0.2) is 0 Å². The molecule has 7 heteroatoms. The molecule has 0 saturated heterocycles. The lowest BCUT2D eigenvalue weighted by Gasteiger charge is -2.02. The van der Waals surface area contributed by atoms with Crippen LogP contribution < -0.4 is 10.9 Å². The normalized spacial score (nSPS) is 10.8. The summed E-state index contributed by atoms with van der Waals surface area (Å²) < 4.78 is 1.41. The third-order valence-electron chi connectivity index (χ3n) is 3.12. The van der Waals surface area contributed by atoms with Crippen molar-refractivity contribution in [1.82, 2.24) is 14.5 Å². The lowest BCUT2D eigenvalue weighted by Crippen LogP contribution is -2.17. The molecule has 0 saturated carbocycles. The van der Waals surface area contributed by atoms with Gasteiger partial charge in [-0.1, -0.05) is 6.07 Å². The van der Waals surface area contributed by atoms with E-state index in [9.17, 15) is 9.59 Å². The fourth-order valence-corrected chi connectivity index (χ4v) is 3.07. The largest absolute Gasteiger partial charge is 0.306 e. The summed E-state index contributed by atoms with van der Waals surface area (Å²) in [5.41, 5.74) is 0.503. The molecular weight excluding hydrogens is 288 g/mol. The van der Waals surface area contributed by atoms with Crippen molar-refractivity contribution in [3.8, 4) is 0 Å². The topological polar surface area (TPSA) is 76.9 Å². The first-order valence-corrected chi connectivity index (χ1v) is 7.06. The minimum absolute atomic E-state index is 0.148. The van der Waals surface area contributed by atoms with Crippen LogP contribution in [-0.2, 0) is 7.05 Å². The van der Waals surface area contributed by atoms with Gasteiger partial charge in [0, 0.05) is 13.2 Å². The zero-order valence-corrected chi connectivity index (χ0v) is 12.3. The van der Waals surface area contributed by atoms with Crippen LogP contribution in [0.2, 0.25) is 0 Å². The first-order valence-electron chi connectivity index (χ1n) is 6.25. The zero-order chi connectivity index (χ0) is 15.0. The molecule has 0 radical (unpaired) electrons. The van der Waals surface area contributed by atoms with E-state index in [0.29, 0.717) is 26.5 Å². The summed E-state index contributed by atoms with van der Waals surface area (Å²) in [5, 5.41) is 3.21. The number of aromatic nitrogens is 3. The predicted octanol–water partition coefficient (Wildman–Crippen LogP) is 1.95. The van der Waals surface area contributed by atoms with Crippen LogP contribution in [0.3, 0.4) is 0 Å². The van der Waals surface area contributed by atoms with Crippen molar-refractivity contribution in [2.45, 2.75) is 6.92 Å². The van der Waals surface area contributed by atoms with Crippen LogP contribution in [0.1, 0.15) is 15.2 Å². The van der Waals surface area contributed by atoms with Crippen LogP contribution in [-0.4, -0.2) is 20.4 Å². The molecule has 6 nitrogen and oxygen atoms in total. The van der Waals surface area contributed by atoms with E-state index in [4.69, 9.17) is 0 Å². The maximum atomic E-state index is 12.3. The predicted molar refractivity (Wildman–Crippen MR) is 81.8 cm³/mol. The average molecular weight is 300 g/mol. The second kappa shape index (κ2) is 5.10. The Morgan fingerprint density at radius 1 is 1.33 bits per heavy atom. The fourth-order valence-electron chi connectivity index (χ4n) is 2.04. The molecule has 1 amide bonds. The van der Waals surface area contributed by atoms with Crippen LogP contribution in [0, 0.1) is 6.92 Å². The standard InChI is InChI=1S/C14H12N4O2S/c1-8-10-13(16-7-18(2)14(10)20)21-11(8)12(19)17-9-5-3-4-6-15-9/h3-7H,1-2H3,(H,15,17,19). The van der Waals surface area contributed by atoms with Crippen molar-refractivity contribution >= 4 is 33.3 Å². The summed E-state index contributed by atoms with van der Waals surface area (Å²) in [5.74, 6) is 0.191. The molecule has 3 aromatic rings. The molecule has 0 aromatic carbocycles. The minimum atomic E-state index is -0.281. The molecule has 0 spiro atoms. The SMILES string of the molecule is Cc1c(C(=O)Nc2ccccn2)sc2ncn(C)c(=O)c12. The van der Waals surface area contributed by atoms with E-state index in [0.717, 1.165) is 0 Å². The molecule has 0 atom stereocenters. The Balaban J connectivity index is 2.05. The van der Waals surface area contributed by atoms with Crippen LogP contribution in [0.4, 0.5) is 5.82 Å². The lowest BCUT2D eigenvalue weighted by atomic mass is 10.2. The molecule has 106 valence electrons. The number of hydrogen-bond acceptors (Lipinski definition) is 5. The number of thiophene rings is 1. The van der Waals surface area contributed by atoms with Gasteiger partial charge in [-0.15, -0.1) is 11.3 Å². The third-order valence-corrected chi connectivity index (χ3v) is 4.32. The van der Waals surface area contributed by atoms with Gasteiger partial charge in [0.2, 0.25) is 0 Å². The Bertz CT molecular complexity index is 883. The number of anilines is 1. The highest BCUT2D eigenvalue weighted by Gasteiger charge is 2.19. The maximum Gasteiger partial charge on any atom is 0.267 e. The van der Waals surface area contributed by atoms with Crippen molar-refractivity contribution in [3.05, 3.63) is 51.5 Å². The van der Waals surface area contributed by atoms with Gasteiger partial charge < -0.3 is 9.88 Å². The fraction of sp³-hybridized carbons (Fsp3) is 0.143. The van der Waals surface area contributed by atoms with Crippen LogP contribution >= 0.6 is 11.3 Å². The molecule has 3 rings (SSSR count). The molecule has 0 bridgehead atoms. The number of rotatable bonds is 2. The second-order valence-corrected chi connectivity index (χ2v) is 5.57. The average Bonchev–Trinajstić information content (AvgIpc) is 2.82. The number of pyridine rings is 1. The summed E-state index contributed by atoms with van der Waals surface area (Å²) in [6.45, 7) is 1.76. The van der Waals surface area contributed by atoms with Crippen molar-refractivity contribution < 1.29 is 4.79 Å². The molecular formula is C14H12N4O2S. The minimum Gasteiger partial charge on any atom is -0.306 e. The zero-order valence-electron chi connectivity index (χ0n) is 11.5. The van der Waals surface area contributed by atoms with E-state index in [1.165, 1.54) is 22.2 Å². The first-order chi connectivity index (χ1) is 10.1. The molecule has 1 N–H and O–H groups in total. The molecule has 3 heterocycles. The van der Waals surface area contributed by atoms with Gasteiger partial charge in [-0.3, -0.25) is 9.59 Å². The summed E-state index contributed by atoms with van der Waals surface area (Å²) in [4.78, 5) is 33.8. The Morgan fingerprint density at radius 2 is 2.14 bits per heavy atom. The van der Waals surface area contributed by atoms with Crippen molar-refractivity contribution in [2.75, 3.05) is 5.32 Å². The lowest BCUT2D eigenvalue weighted by molar-refractivity contribution is 0.102. The van der Waals surface area contributed by atoms with Gasteiger partial charge in [0.25, 0.3) is 11.5 Å². The molecule has 0 fully saturated rings. The van der Waals surface area contributed by atoms with Gasteiger partial charge in [-0.25, -0.2) is 9.97 Å². The van der Waals surface area contributed by atoms with Gasteiger partial charge in [0.1, 0.15) is 10.6 Å². The number of carbonyl (C=O) groups excluding carboxylic acids is 1. The highest BCUT2D eigenvalue weighted by Crippen LogP contribution is 2.27. The quantitative estimate of drug-likeness (QED) is 0.784. The Labute approximate surface area is 124 Å². The number of nitrogens with zero attached hydrogens (tertiary/aromatic N) is 3. The Morgan fingerprint density at radius 3 is 2.86 bits per heavy atom. The highest BCUT2D eigenvalue weighted by molar-refractivity contribution is 7.20. The van der Waals surface area contributed by atoms with E-state index in [-0.39, 0.29) is 11.5 Å². The number of amides is 1. The van der Waals surface area contributed by atoms with Crippen LogP contribution in [0.25, 0.3) is 10.2 Å². The Kier molecular flexibility index (Phi) is 3.26. The smallest absolute Gasteiger partial charge is 0.267 e. The molecule has 0 aliphatic rings. The van der Waals surface area contributed by atoms with Gasteiger partial charge in [-0.05, 0) is 24.6 Å². The van der Waals surface area contributed by atoms with E-state index in [1.54, 1.807) is 38.4 Å². The Hall–Kier alpha value is -2.54. The van der Waals surface area contributed by atoms with Gasteiger partial charge in [0.05, 0.1) is 16.6 Å². The summed E-state index contributed by atoms with van der Waals surface area (Å²) in [6.07, 6.45) is 3.06. The maximum absolute atomic E-state index is 12.3. The molecule has 0 aliphatic carbocycles. The van der Waals surface area contributed by atoms with Crippen LogP contribution in [0.5, 0.6) is 0 Å². The summed E-state index contributed by atoms with van der Waals surface area (Å²) in [6, 6.07) is 5.27. The summed E-state index contributed by atoms with van der Waals surface area (Å²) in [7, 11) is 1.64. The first kappa shape index (κ1) is 13.4. The van der Waals surface area contributed by atoms with Crippen LogP contribution in [0.15, 0.2) is 35.5 Å². The second-order valence-electron chi connectivity index (χ2n) is 4.57. The number of aryl methyl sites for hydroxylation is 2. The molecule has 0 unspecified atom stereocenters. The number of hydrogen-bond donors (Lipinski definition) is 1. The van der Waals surface area contributed by atoms with Gasteiger partial charge in [-0.2, -0.15) is 0 Å². The molecule has 21 heavy (non-hydrogen) atoms. The number of carbonyl (C=O) groups is 1. The molecule has 3 aromatic heterocycles. The molecule has 0 aliphatic heterocycles. The number of nitrogens with one attached hydrogen (secondary N) is 1. The van der Waals surface area contributed by atoms with E-state index in [2.05, 4.69) is 15.3 Å². The van der Waals surface area contributed by atoms with Crippen molar-refractivity contribution in [3.63, 3.8) is 0 Å². The van der Waals surface area contributed by atoms with Crippen molar-refractivity contribution in [1.29, 1.82) is 0 Å². The van der Waals surface area contributed by atoms with E-state index in [1.807, 2.05) is 0 Å². The van der Waals surface area contributed by atoms with Gasteiger partial charge >= 0.3 is 0 Å². The number of fused-ring (bicyclic) bond motifs is 1. The summed E-state index contributed by atoms with van der Waals surface area (Å²) >= 11 is 1.21.